The maximum atomic E-state index is 11.9. The van der Waals surface area contributed by atoms with Gasteiger partial charge in [-0.2, -0.15) is 5.10 Å². The van der Waals surface area contributed by atoms with E-state index in [0.717, 1.165) is 0 Å². The van der Waals surface area contributed by atoms with E-state index in [-0.39, 0.29) is 18.5 Å². The van der Waals surface area contributed by atoms with Gasteiger partial charge >= 0.3 is 12.0 Å². The number of aliphatic carboxylic acids is 1. The molecule has 1 saturated heterocycles. The summed E-state index contributed by atoms with van der Waals surface area (Å²) in [7, 11) is 0. The van der Waals surface area contributed by atoms with Gasteiger partial charge in [0.1, 0.15) is 0 Å². The summed E-state index contributed by atoms with van der Waals surface area (Å²) in [6.45, 7) is 3.71. The van der Waals surface area contributed by atoms with E-state index in [1.165, 1.54) is 0 Å². The molecule has 7 nitrogen and oxygen atoms in total. The van der Waals surface area contributed by atoms with E-state index in [1.807, 2.05) is 19.2 Å². The molecule has 2 heterocycles. The Morgan fingerprint density at radius 1 is 1.47 bits per heavy atom. The third-order valence-corrected chi connectivity index (χ3v) is 3.39. The summed E-state index contributed by atoms with van der Waals surface area (Å²) >= 11 is 0. The normalized spacial score (nSPS) is 22.5. The highest BCUT2D eigenvalue weighted by molar-refractivity contribution is 5.77. The second-order valence-corrected chi connectivity index (χ2v) is 4.83. The Kier molecular flexibility index (Phi) is 4.03. The molecule has 104 valence electrons. The Morgan fingerprint density at radius 2 is 2.26 bits per heavy atom. The van der Waals surface area contributed by atoms with Crippen molar-refractivity contribution >= 4 is 12.0 Å². The first kappa shape index (κ1) is 13.4. The molecule has 1 aliphatic heterocycles. The molecule has 7 heteroatoms. The Bertz CT molecular complexity index is 446. The van der Waals surface area contributed by atoms with Crippen molar-refractivity contribution in [2.45, 2.75) is 13.5 Å². The van der Waals surface area contributed by atoms with E-state index >= 15 is 0 Å². The molecule has 0 radical (unpaired) electrons. The molecule has 1 aromatic heterocycles. The first-order chi connectivity index (χ1) is 9.08. The van der Waals surface area contributed by atoms with Crippen LogP contribution in [-0.4, -0.2) is 51.4 Å². The standard InChI is InChI=1S/C12H18N4O3/c1-9-7-15(8-10(9)11(17)18)12(19)13-4-6-16-5-2-3-14-16/h2-3,5,9-10H,4,6-8H2,1H3,(H,13,19)(H,17,18). The number of aromatic nitrogens is 2. The van der Waals surface area contributed by atoms with E-state index in [0.29, 0.717) is 19.6 Å². The number of hydrogen-bond acceptors (Lipinski definition) is 3. The van der Waals surface area contributed by atoms with Crippen molar-refractivity contribution in [3.63, 3.8) is 0 Å². The molecule has 0 aromatic carbocycles. The fourth-order valence-corrected chi connectivity index (χ4v) is 2.28. The van der Waals surface area contributed by atoms with Gasteiger partial charge in [-0.1, -0.05) is 6.92 Å². The number of rotatable bonds is 4. The number of carboxylic acid groups (broad SMARTS) is 1. The van der Waals surface area contributed by atoms with Gasteiger partial charge in [0.15, 0.2) is 0 Å². The average molecular weight is 266 g/mol. The lowest BCUT2D eigenvalue weighted by Crippen LogP contribution is -2.40. The zero-order valence-electron chi connectivity index (χ0n) is 10.8. The number of carbonyl (C=O) groups is 2. The monoisotopic (exact) mass is 266 g/mol. The Morgan fingerprint density at radius 3 is 2.84 bits per heavy atom. The maximum Gasteiger partial charge on any atom is 0.317 e. The van der Waals surface area contributed by atoms with E-state index in [2.05, 4.69) is 10.4 Å². The van der Waals surface area contributed by atoms with Gasteiger partial charge < -0.3 is 15.3 Å². The van der Waals surface area contributed by atoms with Crippen LogP contribution in [0.1, 0.15) is 6.92 Å². The van der Waals surface area contributed by atoms with E-state index in [1.54, 1.807) is 15.8 Å². The van der Waals surface area contributed by atoms with Gasteiger partial charge in [0, 0.05) is 32.0 Å². The molecular formula is C12H18N4O3. The topological polar surface area (TPSA) is 87.5 Å². The van der Waals surface area contributed by atoms with Crippen molar-refractivity contribution in [3.05, 3.63) is 18.5 Å². The van der Waals surface area contributed by atoms with Crippen molar-refractivity contribution in [3.8, 4) is 0 Å². The molecule has 2 unspecified atom stereocenters. The molecule has 2 atom stereocenters. The summed E-state index contributed by atoms with van der Waals surface area (Å²) in [4.78, 5) is 24.4. The lowest BCUT2D eigenvalue weighted by atomic mass is 9.99. The van der Waals surface area contributed by atoms with Crippen molar-refractivity contribution in [2.24, 2.45) is 11.8 Å². The molecule has 0 spiro atoms. The number of likely N-dealkylation sites (tertiary alicyclic amines) is 1. The molecule has 2 rings (SSSR count). The van der Waals surface area contributed by atoms with Crippen LogP contribution in [-0.2, 0) is 11.3 Å². The fraction of sp³-hybridized carbons (Fsp3) is 0.583. The predicted octanol–water partition coefficient (Wildman–Crippen LogP) is 0.245. The molecule has 2 N–H and O–H groups in total. The fourth-order valence-electron chi connectivity index (χ4n) is 2.28. The number of hydrogen-bond donors (Lipinski definition) is 2. The number of nitrogens with zero attached hydrogens (tertiary/aromatic N) is 3. The number of urea groups is 1. The highest BCUT2D eigenvalue weighted by Gasteiger charge is 2.36. The summed E-state index contributed by atoms with van der Waals surface area (Å²) in [5.74, 6) is -1.30. The molecule has 1 aliphatic rings. The predicted molar refractivity (Wildman–Crippen MR) is 67.5 cm³/mol. The molecule has 0 bridgehead atoms. The molecule has 1 fully saturated rings. The smallest absolute Gasteiger partial charge is 0.317 e. The lowest BCUT2D eigenvalue weighted by molar-refractivity contribution is -0.142. The van der Waals surface area contributed by atoms with Crippen LogP contribution in [0.25, 0.3) is 0 Å². The third-order valence-electron chi connectivity index (χ3n) is 3.39. The van der Waals surface area contributed by atoms with E-state index in [9.17, 15) is 9.59 Å². The highest BCUT2D eigenvalue weighted by Crippen LogP contribution is 2.22. The van der Waals surface area contributed by atoms with Gasteiger partial charge in [-0.25, -0.2) is 4.79 Å². The second-order valence-electron chi connectivity index (χ2n) is 4.83. The zero-order valence-corrected chi connectivity index (χ0v) is 10.8. The molecule has 0 saturated carbocycles. The summed E-state index contributed by atoms with van der Waals surface area (Å²) in [5.41, 5.74) is 0. The van der Waals surface area contributed by atoms with Gasteiger partial charge in [-0.05, 0) is 12.0 Å². The summed E-state index contributed by atoms with van der Waals surface area (Å²) in [6.07, 6.45) is 3.51. The summed E-state index contributed by atoms with van der Waals surface area (Å²) in [5, 5.41) is 15.8. The first-order valence-electron chi connectivity index (χ1n) is 6.31. The Hall–Kier alpha value is -2.05. The largest absolute Gasteiger partial charge is 0.481 e. The average Bonchev–Trinajstić information content (AvgIpc) is 2.98. The van der Waals surface area contributed by atoms with Crippen LogP contribution in [0.5, 0.6) is 0 Å². The van der Waals surface area contributed by atoms with Gasteiger partial charge in [-0.3, -0.25) is 9.48 Å². The van der Waals surface area contributed by atoms with Crippen molar-refractivity contribution in [2.75, 3.05) is 19.6 Å². The zero-order chi connectivity index (χ0) is 13.8. The van der Waals surface area contributed by atoms with Gasteiger partial charge in [0.2, 0.25) is 0 Å². The van der Waals surface area contributed by atoms with Crippen LogP contribution in [0, 0.1) is 11.8 Å². The van der Waals surface area contributed by atoms with Crippen LogP contribution in [0.3, 0.4) is 0 Å². The van der Waals surface area contributed by atoms with Crippen LogP contribution in [0.2, 0.25) is 0 Å². The minimum Gasteiger partial charge on any atom is -0.481 e. The number of amides is 2. The molecular weight excluding hydrogens is 248 g/mol. The molecule has 2 amide bonds. The quantitative estimate of drug-likeness (QED) is 0.817. The SMILES string of the molecule is CC1CN(C(=O)NCCn2cccn2)CC1C(=O)O. The maximum absolute atomic E-state index is 11.9. The Labute approximate surface area is 111 Å². The number of carboxylic acids is 1. The van der Waals surface area contributed by atoms with E-state index < -0.39 is 11.9 Å². The van der Waals surface area contributed by atoms with Crippen molar-refractivity contribution < 1.29 is 14.7 Å². The van der Waals surface area contributed by atoms with Gasteiger partial charge in [-0.15, -0.1) is 0 Å². The first-order valence-corrected chi connectivity index (χ1v) is 6.31. The van der Waals surface area contributed by atoms with Crippen LogP contribution >= 0.6 is 0 Å². The van der Waals surface area contributed by atoms with Crippen LogP contribution < -0.4 is 5.32 Å². The Balaban J connectivity index is 1.76. The highest BCUT2D eigenvalue weighted by atomic mass is 16.4. The van der Waals surface area contributed by atoms with E-state index in [4.69, 9.17) is 5.11 Å². The van der Waals surface area contributed by atoms with Gasteiger partial charge in [0.25, 0.3) is 0 Å². The number of carbonyl (C=O) groups excluding carboxylic acids is 1. The molecule has 19 heavy (non-hydrogen) atoms. The van der Waals surface area contributed by atoms with Gasteiger partial charge in [0.05, 0.1) is 12.5 Å². The van der Waals surface area contributed by atoms with Crippen LogP contribution in [0.15, 0.2) is 18.5 Å². The third kappa shape index (κ3) is 3.24. The van der Waals surface area contributed by atoms with Crippen molar-refractivity contribution in [1.29, 1.82) is 0 Å². The lowest BCUT2D eigenvalue weighted by Gasteiger charge is -2.16. The summed E-state index contributed by atoms with van der Waals surface area (Å²) < 4.78 is 1.73. The van der Waals surface area contributed by atoms with Crippen LogP contribution in [0.4, 0.5) is 4.79 Å². The van der Waals surface area contributed by atoms with Crippen molar-refractivity contribution in [1.82, 2.24) is 20.0 Å². The second kappa shape index (κ2) is 5.73. The number of nitrogens with one attached hydrogen (secondary N) is 1. The minimum absolute atomic E-state index is 0.00522. The summed E-state index contributed by atoms with van der Waals surface area (Å²) in [6, 6.07) is 1.62. The molecule has 1 aromatic rings. The molecule has 0 aliphatic carbocycles. The minimum atomic E-state index is -0.834.